The Hall–Kier alpha value is -1.35. The second-order valence-electron chi connectivity index (χ2n) is 5.17. The maximum absolute atomic E-state index is 12.1. The van der Waals surface area contributed by atoms with Crippen LogP contribution in [-0.4, -0.2) is 18.7 Å². The van der Waals surface area contributed by atoms with Gasteiger partial charge in [0.05, 0.1) is 24.7 Å². The van der Waals surface area contributed by atoms with E-state index in [2.05, 4.69) is 0 Å². The Balaban J connectivity index is 1.94. The molecule has 0 bridgehead atoms. The molecular weight excluding hydrogens is 240 g/mol. The Kier molecular flexibility index (Phi) is 4.59. The average molecular weight is 262 g/mol. The molecule has 1 aromatic carbocycles. The third kappa shape index (κ3) is 2.98. The van der Waals surface area contributed by atoms with Crippen LogP contribution in [0.15, 0.2) is 30.3 Å². The SMILES string of the molecule is CCOC(=O)C1(C(C)OCc2ccccc2)CCC1. The maximum Gasteiger partial charge on any atom is 0.314 e. The zero-order chi connectivity index (χ0) is 13.7. The van der Waals surface area contributed by atoms with Crippen LogP contribution < -0.4 is 0 Å². The number of benzene rings is 1. The topological polar surface area (TPSA) is 35.5 Å². The molecule has 1 saturated carbocycles. The lowest BCUT2D eigenvalue weighted by molar-refractivity contribution is -0.176. The Morgan fingerprint density at radius 1 is 1.32 bits per heavy atom. The van der Waals surface area contributed by atoms with Crippen molar-refractivity contribution in [3.8, 4) is 0 Å². The maximum atomic E-state index is 12.1. The second-order valence-corrected chi connectivity index (χ2v) is 5.17. The van der Waals surface area contributed by atoms with E-state index in [1.807, 2.05) is 44.2 Å². The number of hydrogen-bond acceptors (Lipinski definition) is 3. The normalized spacial score (nSPS) is 18.4. The van der Waals surface area contributed by atoms with Gasteiger partial charge in [-0.3, -0.25) is 4.79 Å². The number of rotatable bonds is 6. The summed E-state index contributed by atoms with van der Waals surface area (Å²) in [6, 6.07) is 10.0. The molecule has 0 aliphatic heterocycles. The summed E-state index contributed by atoms with van der Waals surface area (Å²) < 4.78 is 11.1. The highest BCUT2D eigenvalue weighted by atomic mass is 16.5. The lowest BCUT2D eigenvalue weighted by Gasteiger charge is -2.43. The van der Waals surface area contributed by atoms with Crippen molar-refractivity contribution in [3.05, 3.63) is 35.9 Å². The standard InChI is InChI=1S/C16H22O3/c1-3-18-15(17)16(10-7-11-16)13(2)19-12-14-8-5-4-6-9-14/h4-6,8-9,13H,3,7,10-12H2,1-2H3. The lowest BCUT2D eigenvalue weighted by atomic mass is 9.65. The molecule has 1 atom stereocenters. The monoisotopic (exact) mass is 262 g/mol. The summed E-state index contributed by atoms with van der Waals surface area (Å²) in [6.07, 6.45) is 2.74. The average Bonchev–Trinajstić information content (AvgIpc) is 2.36. The Labute approximate surface area is 114 Å². The van der Waals surface area contributed by atoms with Crippen LogP contribution >= 0.6 is 0 Å². The van der Waals surface area contributed by atoms with E-state index in [0.717, 1.165) is 24.8 Å². The first kappa shape index (κ1) is 14.1. The van der Waals surface area contributed by atoms with Gasteiger partial charge in [0.25, 0.3) is 0 Å². The lowest BCUT2D eigenvalue weighted by Crippen LogP contribution is -2.48. The number of esters is 1. The van der Waals surface area contributed by atoms with E-state index in [4.69, 9.17) is 9.47 Å². The third-order valence-electron chi connectivity index (χ3n) is 4.05. The van der Waals surface area contributed by atoms with E-state index in [1.165, 1.54) is 0 Å². The summed E-state index contributed by atoms with van der Waals surface area (Å²) in [5, 5.41) is 0. The van der Waals surface area contributed by atoms with Gasteiger partial charge in [0, 0.05) is 0 Å². The fourth-order valence-corrected chi connectivity index (χ4v) is 2.56. The first-order chi connectivity index (χ1) is 9.19. The molecule has 1 unspecified atom stereocenters. The van der Waals surface area contributed by atoms with Crippen molar-refractivity contribution < 1.29 is 14.3 Å². The summed E-state index contributed by atoms with van der Waals surface area (Å²) in [4.78, 5) is 12.1. The van der Waals surface area contributed by atoms with Crippen LogP contribution in [0.3, 0.4) is 0 Å². The number of carbonyl (C=O) groups is 1. The van der Waals surface area contributed by atoms with E-state index >= 15 is 0 Å². The molecule has 0 N–H and O–H groups in total. The minimum absolute atomic E-state index is 0.0955. The second kappa shape index (κ2) is 6.20. The van der Waals surface area contributed by atoms with E-state index < -0.39 is 5.41 Å². The Morgan fingerprint density at radius 2 is 2.00 bits per heavy atom. The van der Waals surface area contributed by atoms with Crippen molar-refractivity contribution in [2.45, 2.75) is 45.8 Å². The van der Waals surface area contributed by atoms with Gasteiger partial charge in [-0.25, -0.2) is 0 Å². The Morgan fingerprint density at radius 3 is 2.53 bits per heavy atom. The molecule has 1 aliphatic carbocycles. The van der Waals surface area contributed by atoms with E-state index in [0.29, 0.717) is 13.2 Å². The van der Waals surface area contributed by atoms with Crippen molar-refractivity contribution >= 4 is 5.97 Å². The zero-order valence-corrected chi connectivity index (χ0v) is 11.7. The molecule has 0 radical (unpaired) electrons. The Bertz CT molecular complexity index is 409. The summed E-state index contributed by atoms with van der Waals surface area (Å²) in [5.74, 6) is -0.0955. The summed E-state index contributed by atoms with van der Waals surface area (Å²) in [7, 11) is 0. The molecule has 0 aromatic heterocycles. The predicted molar refractivity (Wildman–Crippen MR) is 73.6 cm³/mol. The highest BCUT2D eigenvalue weighted by Crippen LogP contribution is 2.46. The fourth-order valence-electron chi connectivity index (χ4n) is 2.56. The van der Waals surface area contributed by atoms with Gasteiger partial charge in [-0.05, 0) is 32.3 Å². The zero-order valence-electron chi connectivity index (χ0n) is 11.7. The molecule has 3 nitrogen and oxygen atoms in total. The molecule has 0 saturated heterocycles. The molecule has 0 heterocycles. The summed E-state index contributed by atoms with van der Waals surface area (Å²) >= 11 is 0. The molecule has 0 spiro atoms. The molecule has 19 heavy (non-hydrogen) atoms. The van der Waals surface area contributed by atoms with Crippen LogP contribution in [0.25, 0.3) is 0 Å². The van der Waals surface area contributed by atoms with Gasteiger partial charge in [0.15, 0.2) is 0 Å². The predicted octanol–water partition coefficient (Wildman–Crippen LogP) is 3.33. The van der Waals surface area contributed by atoms with E-state index in [1.54, 1.807) is 0 Å². The van der Waals surface area contributed by atoms with Gasteiger partial charge in [-0.2, -0.15) is 0 Å². The van der Waals surface area contributed by atoms with Crippen molar-refractivity contribution in [2.75, 3.05) is 6.61 Å². The van der Waals surface area contributed by atoms with Crippen LogP contribution in [0.4, 0.5) is 0 Å². The van der Waals surface area contributed by atoms with Crippen molar-refractivity contribution in [3.63, 3.8) is 0 Å². The molecule has 1 aliphatic rings. The molecule has 1 fully saturated rings. The molecule has 1 aromatic rings. The molecular formula is C16H22O3. The molecule has 3 heteroatoms. The number of ether oxygens (including phenoxy) is 2. The summed E-state index contributed by atoms with van der Waals surface area (Å²) in [5.41, 5.74) is 0.720. The molecule has 0 amide bonds. The van der Waals surface area contributed by atoms with Crippen LogP contribution in [0, 0.1) is 5.41 Å². The quantitative estimate of drug-likeness (QED) is 0.738. The molecule has 2 rings (SSSR count). The van der Waals surface area contributed by atoms with Crippen LogP contribution in [0.5, 0.6) is 0 Å². The van der Waals surface area contributed by atoms with Gasteiger partial charge in [0.1, 0.15) is 0 Å². The van der Waals surface area contributed by atoms with Gasteiger partial charge in [0.2, 0.25) is 0 Å². The minimum atomic E-state index is -0.412. The van der Waals surface area contributed by atoms with Gasteiger partial charge < -0.3 is 9.47 Å². The first-order valence-electron chi connectivity index (χ1n) is 7.02. The van der Waals surface area contributed by atoms with Gasteiger partial charge in [-0.1, -0.05) is 36.8 Å². The van der Waals surface area contributed by atoms with Crippen molar-refractivity contribution in [2.24, 2.45) is 5.41 Å². The highest BCUT2D eigenvalue weighted by molar-refractivity contribution is 5.78. The fraction of sp³-hybridized carbons (Fsp3) is 0.562. The first-order valence-corrected chi connectivity index (χ1v) is 7.02. The summed E-state index contributed by atoms with van der Waals surface area (Å²) in [6.45, 7) is 4.81. The van der Waals surface area contributed by atoms with Crippen LogP contribution in [0.1, 0.15) is 38.7 Å². The van der Waals surface area contributed by atoms with E-state index in [9.17, 15) is 4.79 Å². The largest absolute Gasteiger partial charge is 0.465 e. The van der Waals surface area contributed by atoms with Crippen molar-refractivity contribution in [1.29, 1.82) is 0 Å². The van der Waals surface area contributed by atoms with Gasteiger partial charge in [-0.15, -0.1) is 0 Å². The smallest absolute Gasteiger partial charge is 0.314 e. The number of carbonyl (C=O) groups excluding carboxylic acids is 1. The van der Waals surface area contributed by atoms with Crippen LogP contribution in [-0.2, 0) is 20.9 Å². The highest BCUT2D eigenvalue weighted by Gasteiger charge is 2.50. The third-order valence-corrected chi connectivity index (χ3v) is 4.05. The van der Waals surface area contributed by atoms with Crippen molar-refractivity contribution in [1.82, 2.24) is 0 Å². The van der Waals surface area contributed by atoms with Gasteiger partial charge >= 0.3 is 5.97 Å². The molecule has 104 valence electrons. The minimum Gasteiger partial charge on any atom is -0.465 e. The van der Waals surface area contributed by atoms with E-state index in [-0.39, 0.29) is 12.1 Å². The van der Waals surface area contributed by atoms with Crippen LogP contribution in [0.2, 0.25) is 0 Å². The number of hydrogen-bond donors (Lipinski definition) is 0.